The highest BCUT2D eigenvalue weighted by atomic mass is 127. The van der Waals surface area contributed by atoms with Crippen LogP contribution in [0.5, 0.6) is 0 Å². The van der Waals surface area contributed by atoms with Crippen molar-refractivity contribution in [2.75, 3.05) is 112 Å². The number of nitrogens with one attached hydrogen (secondary N) is 4. The highest BCUT2D eigenvalue weighted by Crippen LogP contribution is 2.38. The van der Waals surface area contributed by atoms with Crippen LogP contribution in [-0.4, -0.2) is 154 Å². The highest BCUT2D eigenvalue weighted by Gasteiger charge is 2.52. The molecular formula is C58H86BF6IN10O8S. The molecule has 85 heavy (non-hydrogen) atoms. The zero-order valence-corrected chi connectivity index (χ0v) is 53.5. The summed E-state index contributed by atoms with van der Waals surface area (Å²) in [6, 6.07) is 18.2. The Kier molecular flexibility index (Phi) is 28.4. The summed E-state index contributed by atoms with van der Waals surface area (Å²) in [4.78, 5) is 36.5. The lowest BCUT2D eigenvalue weighted by atomic mass is 9.76. The number of anilines is 6. The molecule has 2 aromatic carbocycles. The maximum Gasteiger partial charge on any atom is 0.495 e. The summed E-state index contributed by atoms with van der Waals surface area (Å²) in [6.45, 7) is 26.7. The molecule has 4 amide bonds. The minimum atomic E-state index is -4.21. The van der Waals surface area contributed by atoms with Crippen molar-refractivity contribution in [3.05, 3.63) is 75.4 Å². The molecule has 0 aliphatic carbocycles. The number of carbonyl (C=O) groups is 2. The lowest BCUT2D eigenvalue weighted by Gasteiger charge is -2.32. The predicted molar refractivity (Wildman–Crippen MR) is 337 cm³/mol. The SMILES string of the molecule is CCOCC.CCOCC.Cc1ccc(NC(=O)N2CC[C@@H](CC(F)(F)F)C2)cc1-c1cc(N)nc(NC2COC2)c1.Cc1ccc(NC(=O)N2CC[C@@H](CC(F)(F)F)C2)cc1B1OC(C)(C)C(C)(C)O1.Nc1cc(I)cc(NC2COC2)n1.S. The number of carbonyl (C=O) groups excluding carboxylic acids is 2. The van der Waals surface area contributed by atoms with Crippen LogP contribution in [-0.2, 0) is 28.3 Å². The number of rotatable bonds is 14. The summed E-state index contributed by atoms with van der Waals surface area (Å²) in [5, 5.41) is 12.1. The zero-order valence-electron chi connectivity index (χ0n) is 50.3. The standard InChI is InChI=1S/C22H26F3N5O2.C20H28BF3N2O3.C8H10IN3O.2C4H10O.H2S/c1-13-2-3-16(28-21(31)30-5-4-14(10-30)9-22(23,24)25)8-18(13)15-6-19(26)29-20(7-15)27-17-11-32-12-17;1-13-6-7-15(10-16(13)21-28-18(2,3)19(4,5)29-21)25-17(27)26-9-8-14(12-26)11-20(22,23)24;9-5-1-7(10)12-8(2-5)11-6-3-13-4-6;2*1-3-5-4-2;/h2-3,6-8,14,17H,4-5,9-12H2,1H3,(H,28,31)(H3,26,27,29);6-7,10,14H,8-9,11-12H2,1-5H3,(H,25,27);1-2,6H,3-4H2,(H3,10,11,12);2*3-4H2,1-2H3;1H2/t2*14-;;;;/m00..../s1. The Balaban J connectivity index is 0.000000265. The molecule has 4 aromatic rings. The first kappa shape index (κ1) is 72.4. The smallest absolute Gasteiger partial charge is 0.399 e. The van der Waals surface area contributed by atoms with E-state index < -0.39 is 67.4 Å². The number of urea groups is 2. The van der Waals surface area contributed by atoms with Crippen molar-refractivity contribution in [1.29, 1.82) is 0 Å². The van der Waals surface area contributed by atoms with Gasteiger partial charge in [-0.2, -0.15) is 39.8 Å². The van der Waals surface area contributed by atoms with E-state index in [-0.39, 0.29) is 32.6 Å². The zero-order chi connectivity index (χ0) is 62.0. The molecule has 0 radical (unpaired) electrons. The van der Waals surface area contributed by atoms with Crippen LogP contribution in [0.1, 0.15) is 92.2 Å². The second-order valence-electron chi connectivity index (χ2n) is 22.0. The van der Waals surface area contributed by atoms with Crippen LogP contribution in [0.25, 0.3) is 11.1 Å². The van der Waals surface area contributed by atoms with E-state index in [2.05, 4.69) is 53.8 Å². The van der Waals surface area contributed by atoms with Crippen LogP contribution >= 0.6 is 36.1 Å². The molecule has 27 heteroatoms. The molecule has 2 atom stereocenters. The summed E-state index contributed by atoms with van der Waals surface area (Å²) >= 11 is 2.22. The lowest BCUT2D eigenvalue weighted by Crippen LogP contribution is -2.41. The van der Waals surface area contributed by atoms with E-state index in [1.165, 1.54) is 9.80 Å². The summed E-state index contributed by atoms with van der Waals surface area (Å²) in [5.74, 6) is 1.30. The Hall–Kier alpha value is -5.04. The number of aryl methyl sites for hydroxylation is 2. The van der Waals surface area contributed by atoms with E-state index in [0.29, 0.717) is 74.0 Å². The van der Waals surface area contributed by atoms with E-state index in [1.807, 2.05) is 106 Å². The molecule has 5 aliphatic rings. The molecule has 8 N–H and O–H groups in total. The number of likely N-dealkylation sites (tertiary alicyclic amines) is 2. The van der Waals surface area contributed by atoms with E-state index >= 15 is 0 Å². The van der Waals surface area contributed by atoms with Gasteiger partial charge in [-0.25, -0.2) is 19.6 Å². The van der Waals surface area contributed by atoms with Gasteiger partial charge in [-0.05, 0) is 187 Å². The monoisotopic (exact) mass is 1330 g/mol. The maximum absolute atomic E-state index is 12.6. The van der Waals surface area contributed by atoms with Gasteiger partial charge in [-0.1, -0.05) is 17.7 Å². The van der Waals surface area contributed by atoms with Crippen LogP contribution in [0, 0.1) is 29.3 Å². The number of ether oxygens (including phenoxy) is 4. The van der Waals surface area contributed by atoms with E-state index in [1.54, 1.807) is 24.3 Å². The number of hydrogen-bond acceptors (Lipinski definition) is 14. The number of benzene rings is 2. The highest BCUT2D eigenvalue weighted by molar-refractivity contribution is 14.1. The molecule has 0 bridgehead atoms. The summed E-state index contributed by atoms with van der Waals surface area (Å²) in [7, 11) is -0.556. The van der Waals surface area contributed by atoms with E-state index in [9.17, 15) is 35.9 Å². The summed E-state index contributed by atoms with van der Waals surface area (Å²) in [6.07, 6.45) is -9.42. The van der Waals surface area contributed by atoms with Crippen LogP contribution in [0.4, 0.5) is 70.6 Å². The fraction of sp³-hybridized carbons (Fsp3) is 0.586. The van der Waals surface area contributed by atoms with Crippen molar-refractivity contribution in [2.24, 2.45) is 11.8 Å². The van der Waals surface area contributed by atoms with Gasteiger partial charge in [0.1, 0.15) is 23.3 Å². The second-order valence-corrected chi connectivity index (χ2v) is 23.2. The molecule has 9 rings (SSSR count). The minimum absolute atomic E-state index is 0. The molecule has 5 fully saturated rings. The predicted octanol–water partition coefficient (Wildman–Crippen LogP) is 11.6. The molecule has 0 unspecified atom stereocenters. The number of hydrogen-bond donors (Lipinski definition) is 6. The maximum atomic E-state index is 12.6. The number of halogens is 7. The van der Waals surface area contributed by atoms with Crippen LogP contribution in [0.3, 0.4) is 0 Å². The molecule has 474 valence electrons. The van der Waals surface area contributed by atoms with Crippen LogP contribution in [0.15, 0.2) is 60.7 Å². The Morgan fingerprint density at radius 2 is 1.08 bits per heavy atom. The van der Waals surface area contributed by atoms with Crippen molar-refractivity contribution in [3.8, 4) is 11.1 Å². The normalized spacial score (nSPS) is 18.7. The Morgan fingerprint density at radius 1 is 0.659 bits per heavy atom. The van der Waals surface area contributed by atoms with Gasteiger partial charge in [0.15, 0.2) is 0 Å². The number of nitrogens with two attached hydrogens (primary N) is 2. The third-order valence-corrected chi connectivity index (χ3v) is 15.1. The number of aromatic nitrogens is 2. The molecule has 2 aromatic heterocycles. The largest absolute Gasteiger partial charge is 0.495 e. The third-order valence-electron chi connectivity index (χ3n) is 14.5. The van der Waals surface area contributed by atoms with Gasteiger partial charge in [-0.15, -0.1) is 0 Å². The number of nitrogen functional groups attached to an aromatic ring is 2. The Bertz CT molecular complexity index is 2700. The van der Waals surface area contributed by atoms with Gasteiger partial charge >= 0.3 is 31.5 Å². The van der Waals surface area contributed by atoms with Gasteiger partial charge < -0.3 is 70.8 Å². The van der Waals surface area contributed by atoms with Crippen LogP contribution in [0.2, 0.25) is 0 Å². The molecule has 18 nitrogen and oxygen atoms in total. The van der Waals surface area contributed by atoms with E-state index in [0.717, 1.165) is 76.7 Å². The molecule has 5 saturated heterocycles. The van der Waals surface area contributed by atoms with Gasteiger partial charge in [0.05, 0.1) is 49.7 Å². The fourth-order valence-corrected chi connectivity index (χ4v) is 9.83. The van der Waals surface area contributed by atoms with Gasteiger partial charge in [0.25, 0.3) is 0 Å². The third kappa shape index (κ3) is 23.9. The summed E-state index contributed by atoms with van der Waals surface area (Å²) < 4.78 is 109. The molecule has 7 heterocycles. The first-order valence-corrected chi connectivity index (χ1v) is 29.5. The second kappa shape index (κ2) is 33.4. The van der Waals surface area contributed by atoms with Gasteiger partial charge in [0, 0.05) is 80.4 Å². The van der Waals surface area contributed by atoms with E-state index in [4.69, 9.17) is 39.7 Å². The van der Waals surface area contributed by atoms with Crippen molar-refractivity contribution in [3.63, 3.8) is 0 Å². The average Bonchev–Trinajstić information content (AvgIpc) is 3.28. The lowest BCUT2D eigenvalue weighted by molar-refractivity contribution is -0.144. The first-order chi connectivity index (χ1) is 39.5. The van der Waals surface area contributed by atoms with Crippen molar-refractivity contribution < 1.29 is 64.2 Å². The van der Waals surface area contributed by atoms with Gasteiger partial charge in [0.2, 0.25) is 0 Å². The Labute approximate surface area is 517 Å². The molecule has 0 saturated carbocycles. The van der Waals surface area contributed by atoms with Gasteiger partial charge in [-0.3, -0.25) is 0 Å². The van der Waals surface area contributed by atoms with Crippen molar-refractivity contribution in [1.82, 2.24) is 19.8 Å². The molecule has 0 spiro atoms. The quantitative estimate of drug-likeness (QED) is 0.0393. The van der Waals surface area contributed by atoms with Crippen molar-refractivity contribution >= 4 is 95.4 Å². The summed E-state index contributed by atoms with van der Waals surface area (Å²) in [5.41, 5.74) is 16.3. The van der Waals surface area contributed by atoms with Crippen molar-refractivity contribution in [2.45, 2.75) is 131 Å². The molecule has 5 aliphatic heterocycles. The minimum Gasteiger partial charge on any atom is -0.399 e. The number of pyridine rings is 2. The molecular weight excluding hydrogens is 1250 g/mol. The Morgan fingerprint density at radius 3 is 1.48 bits per heavy atom. The number of nitrogens with zero attached hydrogens (tertiary/aromatic N) is 4. The number of alkyl halides is 6. The average molecular weight is 1340 g/mol. The fourth-order valence-electron chi connectivity index (χ4n) is 9.22. The first-order valence-electron chi connectivity index (χ1n) is 28.4. The topological polar surface area (TPSA) is 222 Å². The number of amides is 4. The van der Waals surface area contributed by atoms with Crippen LogP contribution < -0.4 is 38.2 Å².